The topological polar surface area (TPSA) is 26.0 Å². The van der Waals surface area contributed by atoms with E-state index in [-0.39, 0.29) is 0 Å². The Morgan fingerprint density at radius 2 is 2.14 bits per heavy atom. The van der Waals surface area contributed by atoms with E-state index >= 15 is 0 Å². The predicted molar refractivity (Wildman–Crippen MR) is 65.2 cm³/mol. The summed E-state index contributed by atoms with van der Waals surface area (Å²) in [5.74, 6) is 0. The molecule has 0 atom stereocenters. The number of rotatable bonds is 4. The third-order valence-electron chi connectivity index (χ3n) is 1.80. The van der Waals surface area contributed by atoms with Gasteiger partial charge in [0.2, 0.25) is 0 Å². The highest BCUT2D eigenvalue weighted by molar-refractivity contribution is 8.00. The van der Waals surface area contributed by atoms with E-state index in [1.165, 1.54) is 10.5 Å². The largest absolute Gasteiger partial charge is 0.330 e. The molecular formula is C11H16ClNS. The minimum atomic E-state index is 0.590. The second-order valence-electron chi connectivity index (χ2n) is 3.46. The van der Waals surface area contributed by atoms with Crippen LogP contribution in [0, 0.1) is 0 Å². The molecule has 0 aromatic heterocycles. The fraction of sp³-hybridized carbons (Fsp3) is 0.455. The van der Waals surface area contributed by atoms with Crippen molar-refractivity contribution >= 4 is 23.4 Å². The second kappa shape index (κ2) is 5.64. The number of halogens is 1. The fourth-order valence-corrected chi connectivity index (χ4v) is 2.43. The van der Waals surface area contributed by atoms with Gasteiger partial charge in [-0.2, -0.15) is 0 Å². The van der Waals surface area contributed by atoms with E-state index < -0.39 is 0 Å². The van der Waals surface area contributed by atoms with Crippen molar-refractivity contribution in [2.24, 2.45) is 5.73 Å². The van der Waals surface area contributed by atoms with E-state index in [0.717, 1.165) is 11.4 Å². The lowest BCUT2D eigenvalue weighted by molar-refractivity contribution is 0.942. The van der Waals surface area contributed by atoms with Crippen LogP contribution >= 0.6 is 23.4 Å². The highest BCUT2D eigenvalue weighted by Gasteiger charge is 2.05. The van der Waals surface area contributed by atoms with Gasteiger partial charge in [0.1, 0.15) is 0 Å². The highest BCUT2D eigenvalue weighted by atomic mass is 35.5. The van der Waals surface area contributed by atoms with Crippen molar-refractivity contribution in [3.8, 4) is 0 Å². The molecule has 1 aromatic carbocycles. The lowest BCUT2D eigenvalue weighted by Crippen LogP contribution is -2.04. The number of hydrogen-bond donors (Lipinski definition) is 1. The van der Waals surface area contributed by atoms with Crippen molar-refractivity contribution in [1.29, 1.82) is 0 Å². The minimum Gasteiger partial charge on any atom is -0.330 e. The SMILES string of the molecule is CC(C)Sc1ccc(Cl)cc1CCN. The number of hydrogen-bond acceptors (Lipinski definition) is 2. The Morgan fingerprint density at radius 1 is 1.43 bits per heavy atom. The monoisotopic (exact) mass is 229 g/mol. The van der Waals surface area contributed by atoms with Gasteiger partial charge in [-0.05, 0) is 36.7 Å². The molecular weight excluding hydrogens is 214 g/mol. The van der Waals surface area contributed by atoms with Gasteiger partial charge in [0.05, 0.1) is 0 Å². The average molecular weight is 230 g/mol. The van der Waals surface area contributed by atoms with Crippen molar-refractivity contribution < 1.29 is 0 Å². The van der Waals surface area contributed by atoms with Crippen molar-refractivity contribution in [2.75, 3.05) is 6.54 Å². The Bertz CT molecular complexity index is 299. The van der Waals surface area contributed by atoms with Crippen LogP contribution in [0.15, 0.2) is 23.1 Å². The summed E-state index contributed by atoms with van der Waals surface area (Å²) in [5.41, 5.74) is 6.82. The van der Waals surface area contributed by atoms with Crippen LogP contribution < -0.4 is 5.73 Å². The quantitative estimate of drug-likeness (QED) is 0.802. The molecule has 0 radical (unpaired) electrons. The van der Waals surface area contributed by atoms with Crippen molar-refractivity contribution in [1.82, 2.24) is 0 Å². The fourth-order valence-electron chi connectivity index (χ4n) is 1.27. The van der Waals surface area contributed by atoms with Crippen LogP contribution in [0.1, 0.15) is 19.4 Å². The van der Waals surface area contributed by atoms with Crippen LogP contribution in [0.5, 0.6) is 0 Å². The molecule has 0 fully saturated rings. The van der Waals surface area contributed by atoms with E-state index in [2.05, 4.69) is 19.9 Å². The lowest BCUT2D eigenvalue weighted by Gasteiger charge is -2.10. The first-order valence-electron chi connectivity index (χ1n) is 4.78. The highest BCUT2D eigenvalue weighted by Crippen LogP contribution is 2.28. The van der Waals surface area contributed by atoms with Crippen molar-refractivity contribution in [3.63, 3.8) is 0 Å². The Morgan fingerprint density at radius 3 is 2.71 bits per heavy atom. The summed E-state index contributed by atoms with van der Waals surface area (Å²) in [6.45, 7) is 5.04. The van der Waals surface area contributed by atoms with Crippen LogP contribution in [0.3, 0.4) is 0 Å². The van der Waals surface area contributed by atoms with Crippen LogP contribution in [-0.2, 0) is 6.42 Å². The molecule has 2 N–H and O–H groups in total. The van der Waals surface area contributed by atoms with Gasteiger partial charge < -0.3 is 5.73 Å². The van der Waals surface area contributed by atoms with E-state index in [9.17, 15) is 0 Å². The molecule has 0 aliphatic carbocycles. The molecule has 0 unspecified atom stereocenters. The van der Waals surface area contributed by atoms with Gasteiger partial charge in [0, 0.05) is 15.2 Å². The van der Waals surface area contributed by atoms with Gasteiger partial charge in [-0.15, -0.1) is 11.8 Å². The van der Waals surface area contributed by atoms with Gasteiger partial charge >= 0.3 is 0 Å². The average Bonchev–Trinajstić information content (AvgIpc) is 2.09. The first kappa shape index (κ1) is 11.9. The summed E-state index contributed by atoms with van der Waals surface area (Å²) < 4.78 is 0. The predicted octanol–water partition coefficient (Wildman–Crippen LogP) is 3.34. The summed E-state index contributed by atoms with van der Waals surface area (Å²) in [6.07, 6.45) is 0.898. The molecule has 0 saturated heterocycles. The standard InChI is InChI=1S/C11H16ClNS/c1-8(2)14-11-4-3-10(12)7-9(11)5-6-13/h3-4,7-8H,5-6,13H2,1-2H3. The van der Waals surface area contributed by atoms with Crippen LogP contribution in [0.4, 0.5) is 0 Å². The zero-order valence-electron chi connectivity index (χ0n) is 8.59. The smallest absolute Gasteiger partial charge is 0.0409 e. The van der Waals surface area contributed by atoms with Crippen molar-refractivity contribution in [3.05, 3.63) is 28.8 Å². The summed E-state index contributed by atoms with van der Waals surface area (Å²) in [5, 5.41) is 1.38. The van der Waals surface area contributed by atoms with Crippen molar-refractivity contribution in [2.45, 2.75) is 30.4 Å². The molecule has 78 valence electrons. The van der Waals surface area contributed by atoms with Gasteiger partial charge in [0.25, 0.3) is 0 Å². The second-order valence-corrected chi connectivity index (χ2v) is 5.51. The summed E-state index contributed by atoms with van der Waals surface area (Å²) in [4.78, 5) is 1.30. The zero-order valence-corrected chi connectivity index (χ0v) is 10.2. The molecule has 0 aliphatic heterocycles. The summed E-state index contributed by atoms with van der Waals surface area (Å²) >= 11 is 7.80. The third-order valence-corrected chi connectivity index (χ3v) is 3.16. The number of benzene rings is 1. The normalized spacial score (nSPS) is 10.9. The molecule has 0 heterocycles. The lowest BCUT2D eigenvalue weighted by atomic mass is 10.1. The van der Waals surface area contributed by atoms with Crippen LogP contribution in [0.2, 0.25) is 5.02 Å². The maximum Gasteiger partial charge on any atom is 0.0409 e. The Kier molecular flexibility index (Phi) is 4.79. The molecule has 14 heavy (non-hydrogen) atoms. The minimum absolute atomic E-state index is 0.590. The summed E-state index contributed by atoms with van der Waals surface area (Å²) in [6, 6.07) is 6.03. The Labute approximate surface area is 95.0 Å². The molecule has 3 heteroatoms. The molecule has 0 spiro atoms. The Hall–Kier alpha value is -0.180. The third kappa shape index (κ3) is 3.52. The van der Waals surface area contributed by atoms with Crippen LogP contribution in [-0.4, -0.2) is 11.8 Å². The molecule has 1 rings (SSSR count). The van der Waals surface area contributed by atoms with Gasteiger partial charge in [-0.25, -0.2) is 0 Å². The number of thioether (sulfide) groups is 1. The molecule has 1 aromatic rings. The van der Waals surface area contributed by atoms with Gasteiger partial charge in [-0.1, -0.05) is 25.4 Å². The maximum absolute atomic E-state index is 5.94. The van der Waals surface area contributed by atoms with Gasteiger partial charge in [0.15, 0.2) is 0 Å². The summed E-state index contributed by atoms with van der Waals surface area (Å²) in [7, 11) is 0. The van der Waals surface area contributed by atoms with Gasteiger partial charge in [-0.3, -0.25) is 0 Å². The number of nitrogens with two attached hydrogens (primary N) is 1. The molecule has 0 bridgehead atoms. The van der Waals surface area contributed by atoms with E-state index in [0.29, 0.717) is 11.8 Å². The zero-order chi connectivity index (χ0) is 10.6. The molecule has 0 saturated carbocycles. The van der Waals surface area contributed by atoms with E-state index in [4.69, 9.17) is 17.3 Å². The van der Waals surface area contributed by atoms with Crippen LogP contribution in [0.25, 0.3) is 0 Å². The molecule has 0 aliphatic rings. The van der Waals surface area contributed by atoms with E-state index in [1.807, 2.05) is 23.9 Å². The first-order chi connectivity index (χ1) is 6.63. The molecule has 1 nitrogen and oxygen atoms in total. The maximum atomic E-state index is 5.94. The van der Waals surface area contributed by atoms with E-state index in [1.54, 1.807) is 0 Å². The first-order valence-corrected chi connectivity index (χ1v) is 6.04. The molecule has 0 amide bonds. The Balaban J connectivity index is 2.89.